The number of carbonyl (C=O) groups excluding carboxylic acids is 3. The molecule has 0 radical (unpaired) electrons. The van der Waals surface area contributed by atoms with Crippen LogP contribution in [-0.2, 0) is 33.6 Å². The standard InChI is InChI=1S/C30H38N4O8/c1-4-8-21(27(36)34-22(28(37)38)10-7-12-32-30(31)40)33-24(35)14-19-15(2)18-13-20-17-9-5-6-11-23(17)41-26(20)16(3)25(18)42-29(19)39/h13,21-22H,4-12,14H2,1-3H3,(H,33,35)(H,34,36)(H,37,38)(H3,31,32,40)/t21-,22+/m0/s1. The lowest BCUT2D eigenvalue weighted by atomic mass is 9.93. The number of carboxylic acids is 1. The van der Waals surface area contributed by atoms with E-state index in [0.717, 1.165) is 53.4 Å². The minimum Gasteiger partial charge on any atom is -0.480 e. The zero-order valence-corrected chi connectivity index (χ0v) is 24.2. The van der Waals surface area contributed by atoms with E-state index in [1.807, 2.05) is 19.9 Å². The van der Waals surface area contributed by atoms with Crippen molar-refractivity contribution in [3.8, 4) is 0 Å². The highest BCUT2D eigenvalue weighted by Gasteiger charge is 2.27. The Balaban J connectivity index is 1.52. The summed E-state index contributed by atoms with van der Waals surface area (Å²) in [7, 11) is 0. The number of carbonyl (C=O) groups is 4. The highest BCUT2D eigenvalue weighted by molar-refractivity contribution is 6.00. The summed E-state index contributed by atoms with van der Waals surface area (Å²) in [6, 6.07) is -0.966. The van der Waals surface area contributed by atoms with Crippen LogP contribution in [0.25, 0.3) is 21.9 Å². The molecule has 12 heteroatoms. The van der Waals surface area contributed by atoms with Crippen molar-refractivity contribution in [2.75, 3.05) is 6.54 Å². The average molecular weight is 583 g/mol. The van der Waals surface area contributed by atoms with Gasteiger partial charge in [0, 0.05) is 34.9 Å². The second-order valence-electron chi connectivity index (χ2n) is 10.9. The fraction of sp³-hybridized carbons (Fsp3) is 0.500. The Hall–Kier alpha value is -4.35. The summed E-state index contributed by atoms with van der Waals surface area (Å²) in [4.78, 5) is 61.6. The number of benzene rings is 1. The fourth-order valence-corrected chi connectivity index (χ4v) is 5.63. The van der Waals surface area contributed by atoms with Crippen LogP contribution in [0.2, 0.25) is 0 Å². The van der Waals surface area contributed by atoms with Gasteiger partial charge >= 0.3 is 17.6 Å². The maximum atomic E-state index is 13.1. The molecule has 2 aromatic heterocycles. The summed E-state index contributed by atoms with van der Waals surface area (Å²) in [5, 5.41) is 18.8. The van der Waals surface area contributed by atoms with Crippen LogP contribution >= 0.6 is 0 Å². The molecular formula is C30H38N4O8. The number of nitrogens with two attached hydrogens (primary N) is 1. The van der Waals surface area contributed by atoms with Crippen LogP contribution in [0.15, 0.2) is 19.7 Å². The number of hydrogen-bond donors (Lipinski definition) is 5. The topological polar surface area (TPSA) is 194 Å². The Morgan fingerprint density at radius 3 is 2.38 bits per heavy atom. The molecule has 2 heterocycles. The van der Waals surface area contributed by atoms with E-state index in [-0.39, 0.29) is 37.8 Å². The number of aryl methyl sites for hydroxylation is 4. The number of fused-ring (bicyclic) bond motifs is 4. The molecule has 4 amide bonds. The third kappa shape index (κ3) is 6.58. The van der Waals surface area contributed by atoms with Crippen molar-refractivity contribution in [2.45, 2.75) is 90.6 Å². The molecule has 4 rings (SSSR count). The summed E-state index contributed by atoms with van der Waals surface area (Å²) >= 11 is 0. The van der Waals surface area contributed by atoms with Crippen LogP contribution in [-0.4, -0.2) is 47.5 Å². The smallest absolute Gasteiger partial charge is 0.340 e. The van der Waals surface area contributed by atoms with Crippen molar-refractivity contribution < 1.29 is 33.1 Å². The van der Waals surface area contributed by atoms with Crippen LogP contribution in [0.5, 0.6) is 0 Å². The number of urea groups is 1. The van der Waals surface area contributed by atoms with Crippen molar-refractivity contribution in [1.82, 2.24) is 16.0 Å². The number of nitrogens with one attached hydrogen (secondary N) is 3. The van der Waals surface area contributed by atoms with Gasteiger partial charge in [0.2, 0.25) is 11.8 Å². The molecule has 0 spiro atoms. The van der Waals surface area contributed by atoms with Crippen LogP contribution in [0.4, 0.5) is 4.79 Å². The summed E-state index contributed by atoms with van der Waals surface area (Å²) in [5.41, 5.74) is 8.26. The third-order valence-corrected chi connectivity index (χ3v) is 7.87. The van der Waals surface area contributed by atoms with E-state index in [2.05, 4.69) is 16.0 Å². The third-order valence-electron chi connectivity index (χ3n) is 7.87. The molecule has 0 bridgehead atoms. The second kappa shape index (κ2) is 13.1. The predicted molar refractivity (Wildman–Crippen MR) is 155 cm³/mol. The van der Waals surface area contributed by atoms with Gasteiger partial charge in [0.15, 0.2) is 0 Å². The van der Waals surface area contributed by atoms with E-state index in [1.165, 1.54) is 5.56 Å². The number of carboxylic acid groups (broad SMARTS) is 1. The highest BCUT2D eigenvalue weighted by Crippen LogP contribution is 2.37. The monoisotopic (exact) mass is 582 g/mol. The maximum Gasteiger partial charge on any atom is 0.340 e. The van der Waals surface area contributed by atoms with Gasteiger partial charge in [-0.3, -0.25) is 9.59 Å². The Morgan fingerprint density at radius 2 is 1.69 bits per heavy atom. The Kier molecular flexibility index (Phi) is 9.54. The zero-order chi connectivity index (χ0) is 30.6. The van der Waals surface area contributed by atoms with Crippen molar-refractivity contribution >= 4 is 45.8 Å². The molecule has 3 aromatic rings. The number of aliphatic carboxylic acids is 1. The number of rotatable bonds is 12. The lowest BCUT2D eigenvalue weighted by Crippen LogP contribution is -2.52. The molecule has 1 aliphatic carbocycles. The van der Waals surface area contributed by atoms with Gasteiger partial charge in [-0.1, -0.05) is 13.3 Å². The van der Waals surface area contributed by atoms with Gasteiger partial charge in [-0.05, 0) is 64.0 Å². The van der Waals surface area contributed by atoms with Gasteiger partial charge in [0.25, 0.3) is 0 Å². The normalized spacial score (nSPS) is 14.3. The van der Waals surface area contributed by atoms with Crippen molar-refractivity contribution in [3.63, 3.8) is 0 Å². The molecule has 0 saturated carbocycles. The molecule has 0 aliphatic heterocycles. The van der Waals surface area contributed by atoms with Gasteiger partial charge in [-0.2, -0.15) is 0 Å². The molecule has 0 unspecified atom stereocenters. The number of amides is 4. The van der Waals surface area contributed by atoms with E-state index in [9.17, 15) is 29.1 Å². The summed E-state index contributed by atoms with van der Waals surface area (Å²) in [6.07, 6.45) is 4.78. The lowest BCUT2D eigenvalue weighted by molar-refractivity contribution is -0.142. The van der Waals surface area contributed by atoms with Crippen molar-refractivity contribution in [2.24, 2.45) is 5.73 Å². The molecule has 1 aliphatic rings. The van der Waals surface area contributed by atoms with E-state index in [4.69, 9.17) is 14.6 Å². The highest BCUT2D eigenvalue weighted by atomic mass is 16.4. The molecule has 42 heavy (non-hydrogen) atoms. The summed E-state index contributed by atoms with van der Waals surface area (Å²) in [5.74, 6) is -1.47. The largest absolute Gasteiger partial charge is 0.480 e. The molecule has 2 atom stereocenters. The molecule has 226 valence electrons. The van der Waals surface area contributed by atoms with Gasteiger partial charge in [0.1, 0.15) is 29.0 Å². The first kappa shape index (κ1) is 30.6. The summed E-state index contributed by atoms with van der Waals surface area (Å²) < 4.78 is 11.9. The van der Waals surface area contributed by atoms with Crippen LogP contribution in [0, 0.1) is 13.8 Å². The zero-order valence-electron chi connectivity index (χ0n) is 24.2. The second-order valence-corrected chi connectivity index (χ2v) is 10.9. The minimum atomic E-state index is -1.24. The minimum absolute atomic E-state index is 0.0536. The molecule has 1 aromatic carbocycles. The molecule has 12 nitrogen and oxygen atoms in total. The predicted octanol–water partition coefficient (Wildman–Crippen LogP) is 2.88. The Morgan fingerprint density at radius 1 is 0.976 bits per heavy atom. The first-order valence-corrected chi connectivity index (χ1v) is 14.4. The maximum absolute atomic E-state index is 13.1. The van der Waals surface area contributed by atoms with Crippen LogP contribution in [0.1, 0.15) is 73.5 Å². The lowest BCUT2D eigenvalue weighted by Gasteiger charge is -2.21. The van der Waals surface area contributed by atoms with Crippen molar-refractivity contribution in [1.29, 1.82) is 0 Å². The van der Waals surface area contributed by atoms with E-state index in [1.54, 1.807) is 6.92 Å². The van der Waals surface area contributed by atoms with Crippen molar-refractivity contribution in [3.05, 3.63) is 44.5 Å². The summed E-state index contributed by atoms with van der Waals surface area (Å²) in [6.45, 7) is 5.63. The van der Waals surface area contributed by atoms with Gasteiger partial charge in [0.05, 0.1) is 12.0 Å². The van der Waals surface area contributed by atoms with Gasteiger partial charge in [-0.15, -0.1) is 0 Å². The van der Waals surface area contributed by atoms with Gasteiger partial charge < -0.3 is 35.6 Å². The number of hydrogen-bond acceptors (Lipinski definition) is 7. The molecule has 6 N–H and O–H groups in total. The molecular weight excluding hydrogens is 544 g/mol. The SMILES string of the molecule is CCC[C@H](NC(=O)Cc1c(C)c2cc3c4c(oc3c(C)c2oc1=O)CCCC4)C(=O)N[C@H](CCCNC(N)=O)C(=O)O. The Bertz CT molecular complexity index is 1590. The quantitative estimate of drug-likeness (QED) is 0.159. The van der Waals surface area contributed by atoms with Crippen LogP contribution < -0.4 is 27.3 Å². The van der Waals surface area contributed by atoms with Gasteiger partial charge in [-0.25, -0.2) is 14.4 Å². The van der Waals surface area contributed by atoms with E-state index in [0.29, 0.717) is 17.6 Å². The average Bonchev–Trinajstić information content (AvgIpc) is 3.32. The first-order valence-electron chi connectivity index (χ1n) is 14.4. The number of furan rings is 1. The molecule has 0 saturated heterocycles. The van der Waals surface area contributed by atoms with E-state index < -0.39 is 41.5 Å². The van der Waals surface area contributed by atoms with E-state index >= 15 is 0 Å². The first-order chi connectivity index (χ1) is 20.0. The number of primary amides is 1. The fourth-order valence-electron chi connectivity index (χ4n) is 5.63. The Labute approximate surface area is 242 Å². The van der Waals surface area contributed by atoms with Crippen LogP contribution in [0.3, 0.4) is 0 Å². The molecule has 0 fully saturated rings.